The van der Waals surface area contributed by atoms with Crippen molar-refractivity contribution in [2.45, 2.75) is 13.8 Å². The molecule has 0 amide bonds. The molecule has 0 aliphatic rings. The predicted octanol–water partition coefficient (Wildman–Crippen LogP) is 0.410. The summed E-state index contributed by atoms with van der Waals surface area (Å²) in [4.78, 5) is 14.4. The molecule has 2 N–H and O–H groups in total. The van der Waals surface area contributed by atoms with E-state index < -0.39 is 5.97 Å². The molecule has 1 aromatic heterocycles. The molecule has 1 aromatic rings. The Labute approximate surface area is 71.1 Å². The molecule has 68 valence electrons. The van der Waals surface area contributed by atoms with Crippen LogP contribution >= 0.6 is 0 Å². The first-order chi connectivity index (χ1) is 5.75. The van der Waals surface area contributed by atoms with Gasteiger partial charge in [-0.3, -0.25) is 0 Å². The topological polar surface area (TPSA) is 70.1 Å². The maximum atomic E-state index is 10.7. The van der Waals surface area contributed by atoms with E-state index in [-0.39, 0.29) is 5.69 Å². The van der Waals surface area contributed by atoms with Crippen LogP contribution < -0.4 is 5.84 Å². The van der Waals surface area contributed by atoms with E-state index in [9.17, 15) is 4.79 Å². The molecule has 0 aromatic carbocycles. The van der Waals surface area contributed by atoms with Crippen LogP contribution in [0.2, 0.25) is 0 Å². The van der Waals surface area contributed by atoms with Crippen molar-refractivity contribution in [3.8, 4) is 0 Å². The fourth-order valence-corrected chi connectivity index (χ4v) is 0.567. The number of nitrogens with zero attached hydrogens (tertiary/aromatic N) is 2. The van der Waals surface area contributed by atoms with Gasteiger partial charge in [0.05, 0.1) is 13.3 Å². The second-order valence-electron chi connectivity index (χ2n) is 1.68. The van der Waals surface area contributed by atoms with Crippen molar-refractivity contribution in [2.24, 2.45) is 0 Å². The number of esters is 1. The summed E-state index contributed by atoms with van der Waals surface area (Å²) < 4.78 is 5.50. The molecule has 0 bridgehead atoms. The van der Waals surface area contributed by atoms with E-state index in [1.165, 1.54) is 19.6 Å². The van der Waals surface area contributed by atoms with Gasteiger partial charge in [0.1, 0.15) is 6.33 Å². The van der Waals surface area contributed by atoms with E-state index in [2.05, 4.69) is 9.72 Å². The number of imidazole rings is 1. The zero-order valence-corrected chi connectivity index (χ0v) is 7.44. The second kappa shape index (κ2) is 5.17. The van der Waals surface area contributed by atoms with E-state index in [4.69, 9.17) is 5.84 Å². The minimum atomic E-state index is -0.486. The molecular weight excluding hydrogens is 158 g/mol. The van der Waals surface area contributed by atoms with Crippen LogP contribution in [0.3, 0.4) is 0 Å². The van der Waals surface area contributed by atoms with Crippen molar-refractivity contribution in [3.63, 3.8) is 0 Å². The Hall–Kier alpha value is -1.52. The summed E-state index contributed by atoms with van der Waals surface area (Å²) in [6, 6.07) is 0. The minimum Gasteiger partial charge on any atom is -0.464 e. The normalized spacial score (nSPS) is 8.25. The van der Waals surface area contributed by atoms with E-state index in [1.807, 2.05) is 13.8 Å². The molecule has 1 rings (SSSR count). The molecule has 1 heterocycles. The molecule has 0 aliphatic carbocycles. The maximum Gasteiger partial charge on any atom is 0.358 e. The molecule has 0 unspecified atom stereocenters. The van der Waals surface area contributed by atoms with Gasteiger partial charge in [-0.2, -0.15) is 0 Å². The second-order valence-corrected chi connectivity index (χ2v) is 1.68. The number of hydrogen-bond donors (Lipinski definition) is 1. The predicted molar refractivity (Wildman–Crippen MR) is 45.1 cm³/mol. The third kappa shape index (κ3) is 2.26. The number of ether oxygens (including phenoxy) is 1. The number of nitrogens with two attached hydrogens (primary N) is 1. The monoisotopic (exact) mass is 171 g/mol. The van der Waals surface area contributed by atoms with E-state index in [0.29, 0.717) is 0 Å². The van der Waals surface area contributed by atoms with Crippen LogP contribution in [0.4, 0.5) is 0 Å². The lowest BCUT2D eigenvalue weighted by Gasteiger charge is -1.96. The van der Waals surface area contributed by atoms with Crippen LogP contribution in [0, 0.1) is 0 Å². The van der Waals surface area contributed by atoms with Gasteiger partial charge in [-0.15, -0.1) is 0 Å². The van der Waals surface area contributed by atoms with E-state index >= 15 is 0 Å². The number of aromatic nitrogens is 2. The smallest absolute Gasteiger partial charge is 0.358 e. The van der Waals surface area contributed by atoms with Crippen LogP contribution in [0.1, 0.15) is 24.3 Å². The molecule has 0 atom stereocenters. The zero-order valence-electron chi connectivity index (χ0n) is 7.44. The molecule has 0 radical (unpaired) electrons. The summed E-state index contributed by atoms with van der Waals surface area (Å²) in [5.74, 6) is 4.78. The Morgan fingerprint density at radius 2 is 2.25 bits per heavy atom. The summed E-state index contributed by atoms with van der Waals surface area (Å²) in [5, 5.41) is 0. The van der Waals surface area contributed by atoms with Crippen LogP contribution in [0.25, 0.3) is 0 Å². The third-order valence-corrected chi connectivity index (χ3v) is 1.06. The van der Waals surface area contributed by atoms with Crippen molar-refractivity contribution >= 4 is 5.97 Å². The third-order valence-electron chi connectivity index (χ3n) is 1.06. The van der Waals surface area contributed by atoms with Crippen molar-refractivity contribution in [3.05, 3.63) is 18.2 Å². The van der Waals surface area contributed by atoms with Gasteiger partial charge in [0.15, 0.2) is 5.69 Å². The molecule has 0 aliphatic heterocycles. The first-order valence-corrected chi connectivity index (χ1v) is 3.61. The summed E-state index contributed by atoms with van der Waals surface area (Å²) in [7, 11) is 1.29. The SMILES string of the molecule is CC.COC(=O)c1cncn1N. The summed E-state index contributed by atoms with van der Waals surface area (Å²) in [5.41, 5.74) is 0.238. The number of nitrogen functional groups attached to an aromatic ring is 1. The molecule has 0 fully saturated rings. The van der Waals surface area contributed by atoms with Crippen molar-refractivity contribution in [2.75, 3.05) is 13.0 Å². The molecule has 0 spiro atoms. The lowest BCUT2D eigenvalue weighted by atomic mass is 10.5. The standard InChI is InChI=1S/C5H7N3O2.C2H6/c1-10-5(9)4-2-7-3-8(4)6;1-2/h2-3H,6H2,1H3;1-2H3. The highest BCUT2D eigenvalue weighted by Gasteiger charge is 2.08. The highest BCUT2D eigenvalue weighted by atomic mass is 16.5. The number of hydrogen-bond acceptors (Lipinski definition) is 4. The van der Waals surface area contributed by atoms with E-state index in [1.54, 1.807) is 0 Å². The van der Waals surface area contributed by atoms with Crippen molar-refractivity contribution in [1.82, 2.24) is 9.66 Å². The lowest BCUT2D eigenvalue weighted by molar-refractivity contribution is 0.0591. The van der Waals surface area contributed by atoms with Crippen LogP contribution in [-0.4, -0.2) is 22.7 Å². The highest BCUT2D eigenvalue weighted by Crippen LogP contribution is 1.94. The Morgan fingerprint density at radius 3 is 2.58 bits per heavy atom. The molecule has 5 nitrogen and oxygen atoms in total. The fraction of sp³-hybridized carbons (Fsp3) is 0.429. The highest BCUT2D eigenvalue weighted by molar-refractivity contribution is 5.87. The minimum absolute atomic E-state index is 0.238. The fourth-order valence-electron chi connectivity index (χ4n) is 0.567. The van der Waals surface area contributed by atoms with Crippen LogP contribution in [0.15, 0.2) is 12.5 Å². The number of carbonyl (C=O) groups is 1. The first-order valence-electron chi connectivity index (χ1n) is 3.61. The summed E-state index contributed by atoms with van der Waals surface area (Å²) >= 11 is 0. The molecule has 12 heavy (non-hydrogen) atoms. The van der Waals surface area contributed by atoms with Gasteiger partial charge in [-0.1, -0.05) is 13.8 Å². The Bertz CT molecular complexity index is 245. The van der Waals surface area contributed by atoms with Crippen molar-refractivity contribution < 1.29 is 9.53 Å². The molecular formula is C7H13N3O2. The lowest BCUT2D eigenvalue weighted by Crippen LogP contribution is -2.15. The average molecular weight is 171 g/mol. The largest absolute Gasteiger partial charge is 0.464 e. The van der Waals surface area contributed by atoms with Gasteiger partial charge >= 0.3 is 5.97 Å². The summed E-state index contributed by atoms with van der Waals surface area (Å²) in [6.07, 6.45) is 2.66. The van der Waals surface area contributed by atoms with Gasteiger partial charge in [0.2, 0.25) is 0 Å². The average Bonchev–Trinajstić information content (AvgIpc) is 2.54. The molecule has 0 saturated carbocycles. The quantitative estimate of drug-likeness (QED) is 0.490. The van der Waals surface area contributed by atoms with Gasteiger partial charge in [-0.05, 0) is 0 Å². The summed E-state index contributed by atoms with van der Waals surface area (Å²) in [6.45, 7) is 4.00. The Kier molecular flexibility index (Phi) is 4.52. The number of carbonyl (C=O) groups excluding carboxylic acids is 1. The first kappa shape index (κ1) is 10.5. The molecule has 5 heteroatoms. The van der Waals surface area contributed by atoms with Gasteiger partial charge in [-0.25, -0.2) is 14.5 Å². The van der Waals surface area contributed by atoms with Crippen LogP contribution in [-0.2, 0) is 4.74 Å². The Morgan fingerprint density at radius 1 is 1.67 bits per heavy atom. The molecule has 0 saturated heterocycles. The Balaban J connectivity index is 0.000000561. The maximum absolute atomic E-state index is 10.7. The number of rotatable bonds is 1. The van der Waals surface area contributed by atoms with Gasteiger partial charge in [0.25, 0.3) is 0 Å². The zero-order chi connectivity index (χ0) is 9.56. The van der Waals surface area contributed by atoms with E-state index in [0.717, 1.165) is 4.68 Å². The number of methoxy groups -OCH3 is 1. The van der Waals surface area contributed by atoms with Gasteiger partial charge in [0, 0.05) is 0 Å². The van der Waals surface area contributed by atoms with Crippen molar-refractivity contribution in [1.29, 1.82) is 0 Å². The van der Waals surface area contributed by atoms with Gasteiger partial charge < -0.3 is 10.6 Å². The van der Waals surface area contributed by atoms with Crippen LogP contribution in [0.5, 0.6) is 0 Å².